The van der Waals surface area contributed by atoms with E-state index in [1.54, 1.807) is 15.9 Å². The Bertz CT molecular complexity index is 1150. The number of aromatic nitrogens is 4. The molecule has 1 fully saturated rings. The van der Waals surface area contributed by atoms with Gasteiger partial charge in [0.1, 0.15) is 17.7 Å². The summed E-state index contributed by atoms with van der Waals surface area (Å²) in [5.74, 6) is 0.780. The molecule has 170 valence electrons. The SMILES string of the molecule is CN1CC[C@@]2(CCC1=O)C[C@H](NC(=O)c1ccc(Cn3cnnn3)cc1)c1ccccc1O2. The number of amides is 2. The highest BCUT2D eigenvalue weighted by molar-refractivity contribution is 5.94. The maximum absolute atomic E-state index is 13.1. The molecule has 0 saturated carbocycles. The molecule has 2 amide bonds. The Balaban J connectivity index is 1.34. The Kier molecular flexibility index (Phi) is 5.53. The highest BCUT2D eigenvalue weighted by atomic mass is 16.5. The molecule has 2 atom stereocenters. The fourth-order valence-electron chi connectivity index (χ4n) is 4.64. The monoisotopic (exact) mass is 446 g/mol. The van der Waals surface area contributed by atoms with Crippen molar-refractivity contribution in [3.8, 4) is 5.75 Å². The molecule has 9 heteroatoms. The van der Waals surface area contributed by atoms with Crippen LogP contribution in [-0.4, -0.2) is 56.1 Å². The quantitative estimate of drug-likeness (QED) is 0.660. The molecule has 0 radical (unpaired) electrons. The van der Waals surface area contributed by atoms with Gasteiger partial charge in [0.15, 0.2) is 0 Å². The molecule has 9 nitrogen and oxygen atoms in total. The Morgan fingerprint density at radius 3 is 2.79 bits per heavy atom. The molecular formula is C24H26N6O3. The van der Waals surface area contributed by atoms with Gasteiger partial charge >= 0.3 is 0 Å². The number of fused-ring (bicyclic) bond motifs is 1. The molecule has 1 N–H and O–H groups in total. The van der Waals surface area contributed by atoms with Crippen molar-refractivity contribution in [2.24, 2.45) is 0 Å². The van der Waals surface area contributed by atoms with Gasteiger partial charge in [0, 0.05) is 44.0 Å². The summed E-state index contributed by atoms with van der Waals surface area (Å²) in [7, 11) is 1.83. The second kappa shape index (κ2) is 8.65. The zero-order valence-electron chi connectivity index (χ0n) is 18.5. The predicted molar refractivity (Wildman–Crippen MR) is 119 cm³/mol. The number of tetrazole rings is 1. The number of nitrogens with one attached hydrogen (secondary N) is 1. The molecule has 1 aromatic heterocycles. The van der Waals surface area contributed by atoms with Crippen molar-refractivity contribution in [2.45, 2.75) is 43.9 Å². The van der Waals surface area contributed by atoms with Crippen molar-refractivity contribution in [2.75, 3.05) is 13.6 Å². The minimum atomic E-state index is -0.470. The second-order valence-electron chi connectivity index (χ2n) is 8.82. The number of ether oxygens (including phenoxy) is 1. The van der Waals surface area contributed by atoms with Crippen LogP contribution in [0.15, 0.2) is 54.9 Å². The van der Waals surface area contributed by atoms with E-state index in [9.17, 15) is 9.59 Å². The maximum atomic E-state index is 13.1. The lowest BCUT2D eigenvalue weighted by atomic mass is 9.82. The topological polar surface area (TPSA) is 102 Å². The summed E-state index contributed by atoms with van der Waals surface area (Å²) in [5, 5.41) is 14.4. The number of nitrogens with zero attached hydrogens (tertiary/aromatic N) is 5. The van der Waals surface area contributed by atoms with Gasteiger partial charge in [-0.1, -0.05) is 30.3 Å². The van der Waals surface area contributed by atoms with E-state index in [1.165, 1.54) is 0 Å². The van der Waals surface area contributed by atoms with Crippen LogP contribution in [-0.2, 0) is 11.3 Å². The lowest BCUT2D eigenvalue weighted by Crippen LogP contribution is -2.45. The summed E-state index contributed by atoms with van der Waals surface area (Å²) in [6.45, 7) is 1.18. The van der Waals surface area contributed by atoms with E-state index in [1.807, 2.05) is 55.6 Å². The third-order valence-corrected chi connectivity index (χ3v) is 6.58. The molecular weight excluding hydrogens is 420 g/mol. The van der Waals surface area contributed by atoms with Crippen LogP contribution in [0.1, 0.15) is 53.2 Å². The first kappa shape index (κ1) is 21.1. The lowest BCUT2D eigenvalue weighted by molar-refractivity contribution is -0.129. The van der Waals surface area contributed by atoms with Gasteiger partial charge in [0.2, 0.25) is 5.91 Å². The van der Waals surface area contributed by atoms with Crippen LogP contribution in [0.2, 0.25) is 0 Å². The van der Waals surface area contributed by atoms with E-state index in [2.05, 4.69) is 20.8 Å². The molecule has 2 aliphatic rings. The zero-order valence-corrected chi connectivity index (χ0v) is 18.5. The molecule has 1 spiro atoms. The van der Waals surface area contributed by atoms with Gasteiger partial charge in [-0.25, -0.2) is 4.68 Å². The van der Waals surface area contributed by atoms with Crippen LogP contribution in [0.5, 0.6) is 5.75 Å². The van der Waals surface area contributed by atoms with E-state index >= 15 is 0 Å². The Morgan fingerprint density at radius 2 is 2.00 bits per heavy atom. The van der Waals surface area contributed by atoms with Crippen molar-refractivity contribution in [3.05, 3.63) is 71.5 Å². The average molecular weight is 447 g/mol. The number of benzene rings is 2. The molecule has 2 aliphatic heterocycles. The summed E-state index contributed by atoms with van der Waals surface area (Å²) in [6.07, 6.45) is 4.01. The zero-order chi connectivity index (χ0) is 22.8. The van der Waals surface area contributed by atoms with Crippen LogP contribution in [0.4, 0.5) is 0 Å². The van der Waals surface area contributed by atoms with E-state index in [0.29, 0.717) is 37.9 Å². The third kappa shape index (κ3) is 4.44. The number of likely N-dealkylation sites (tertiary alicyclic amines) is 1. The average Bonchev–Trinajstić information content (AvgIpc) is 3.30. The van der Waals surface area contributed by atoms with Gasteiger partial charge in [0.25, 0.3) is 5.91 Å². The summed E-state index contributed by atoms with van der Waals surface area (Å²) < 4.78 is 8.10. The largest absolute Gasteiger partial charge is 0.487 e. The molecule has 1 saturated heterocycles. The summed E-state index contributed by atoms with van der Waals surface area (Å²) in [6, 6.07) is 15.1. The van der Waals surface area contributed by atoms with Gasteiger partial charge in [-0.15, -0.1) is 5.10 Å². The summed E-state index contributed by atoms with van der Waals surface area (Å²) in [5.41, 5.74) is 2.09. The van der Waals surface area contributed by atoms with E-state index in [4.69, 9.17) is 4.74 Å². The summed E-state index contributed by atoms with van der Waals surface area (Å²) in [4.78, 5) is 27.2. The van der Waals surface area contributed by atoms with E-state index in [-0.39, 0.29) is 17.9 Å². The van der Waals surface area contributed by atoms with Crippen molar-refractivity contribution in [1.82, 2.24) is 30.4 Å². The van der Waals surface area contributed by atoms with Gasteiger partial charge in [-0.05, 0) is 40.6 Å². The Labute approximate surface area is 191 Å². The molecule has 3 heterocycles. The maximum Gasteiger partial charge on any atom is 0.251 e. The molecule has 0 unspecified atom stereocenters. The van der Waals surface area contributed by atoms with Gasteiger partial charge in [-0.2, -0.15) is 0 Å². The number of rotatable bonds is 4. The van der Waals surface area contributed by atoms with Crippen LogP contribution < -0.4 is 10.1 Å². The highest BCUT2D eigenvalue weighted by Crippen LogP contribution is 2.44. The minimum Gasteiger partial charge on any atom is -0.487 e. The van der Waals surface area contributed by atoms with Gasteiger partial charge in [-0.3, -0.25) is 9.59 Å². The second-order valence-corrected chi connectivity index (χ2v) is 8.82. The lowest BCUT2D eigenvalue weighted by Gasteiger charge is -2.42. The number of carbonyl (C=O) groups excluding carboxylic acids is 2. The highest BCUT2D eigenvalue weighted by Gasteiger charge is 2.43. The molecule has 33 heavy (non-hydrogen) atoms. The standard InChI is InChI=1S/C24H26N6O3/c1-29-13-12-24(11-10-22(29)31)14-20(19-4-2-3-5-21(19)33-24)26-23(32)18-8-6-17(7-9-18)15-30-16-25-27-28-30/h2-9,16,20H,10-15H2,1H3,(H,26,32)/t20-,24-/m0/s1. The van der Waals surface area contributed by atoms with Crippen LogP contribution in [0, 0.1) is 0 Å². The Hall–Kier alpha value is -3.75. The first-order valence-corrected chi connectivity index (χ1v) is 11.1. The van der Waals surface area contributed by atoms with Gasteiger partial charge in [0.05, 0.1) is 12.6 Å². The third-order valence-electron chi connectivity index (χ3n) is 6.58. The smallest absolute Gasteiger partial charge is 0.251 e. The number of para-hydroxylation sites is 1. The fourth-order valence-corrected chi connectivity index (χ4v) is 4.64. The van der Waals surface area contributed by atoms with Crippen molar-refractivity contribution >= 4 is 11.8 Å². The van der Waals surface area contributed by atoms with Crippen molar-refractivity contribution < 1.29 is 14.3 Å². The molecule has 0 bridgehead atoms. The first-order valence-electron chi connectivity index (χ1n) is 11.1. The van der Waals surface area contributed by atoms with E-state index < -0.39 is 5.60 Å². The summed E-state index contributed by atoms with van der Waals surface area (Å²) >= 11 is 0. The fraction of sp³-hybridized carbons (Fsp3) is 0.375. The van der Waals surface area contributed by atoms with Gasteiger partial charge < -0.3 is 15.0 Å². The Morgan fingerprint density at radius 1 is 1.18 bits per heavy atom. The number of hydrogen-bond acceptors (Lipinski definition) is 6. The van der Waals surface area contributed by atoms with Crippen LogP contribution in [0.25, 0.3) is 0 Å². The normalized spacial score (nSPS) is 22.4. The van der Waals surface area contributed by atoms with Crippen LogP contribution in [0.3, 0.4) is 0 Å². The predicted octanol–water partition coefficient (Wildman–Crippen LogP) is 2.36. The first-order chi connectivity index (χ1) is 16.0. The minimum absolute atomic E-state index is 0.136. The molecule has 2 aromatic carbocycles. The molecule has 3 aromatic rings. The number of hydrogen-bond donors (Lipinski definition) is 1. The van der Waals surface area contributed by atoms with E-state index in [0.717, 1.165) is 23.3 Å². The van der Waals surface area contributed by atoms with Crippen LogP contribution >= 0.6 is 0 Å². The molecule has 0 aliphatic carbocycles. The molecule has 5 rings (SSSR count). The number of carbonyl (C=O) groups is 2. The van der Waals surface area contributed by atoms with Crippen molar-refractivity contribution in [3.63, 3.8) is 0 Å². The van der Waals surface area contributed by atoms with Crippen molar-refractivity contribution in [1.29, 1.82) is 0 Å².